The quantitative estimate of drug-likeness (QED) is 0.749. The number of rotatable bonds is 4. The molecule has 0 spiro atoms. The maximum absolute atomic E-state index is 12.8. The van der Waals surface area contributed by atoms with E-state index in [4.69, 9.17) is 15.7 Å². The number of hydrogen-bond donors (Lipinski definition) is 1. The van der Waals surface area contributed by atoms with Crippen molar-refractivity contribution < 1.29 is 22.7 Å². The number of ether oxygens (including phenoxy) is 1. The number of nitrogen functional groups attached to an aromatic ring is 1. The normalized spacial score (nSPS) is 29.6. The SMILES string of the molecule is CC(=O)N1C[C@@H]2[C@H](C1)[C@H]2c1cc(-c2cnc(N)c(OC(F)(F)F)c2)nc(N2CC3CC2C3)n1. The molecule has 2 N–H and O–H groups in total. The number of fused-ring (bicyclic) bond motifs is 2. The van der Waals surface area contributed by atoms with Crippen molar-refractivity contribution in [1.29, 1.82) is 0 Å². The van der Waals surface area contributed by atoms with Gasteiger partial charge in [-0.15, -0.1) is 13.2 Å². The summed E-state index contributed by atoms with van der Waals surface area (Å²) in [6.07, 6.45) is -1.22. The predicted molar refractivity (Wildman–Crippen MR) is 112 cm³/mol. The van der Waals surface area contributed by atoms with Crippen LogP contribution in [0.25, 0.3) is 11.3 Å². The fourth-order valence-corrected chi connectivity index (χ4v) is 5.70. The van der Waals surface area contributed by atoms with E-state index in [2.05, 4.69) is 14.6 Å². The molecule has 0 unspecified atom stereocenters. The molecule has 3 atom stereocenters. The summed E-state index contributed by atoms with van der Waals surface area (Å²) in [5.74, 6) is 1.36. The molecule has 33 heavy (non-hydrogen) atoms. The van der Waals surface area contributed by atoms with Gasteiger partial charge in [0.25, 0.3) is 0 Å². The van der Waals surface area contributed by atoms with Crippen molar-refractivity contribution >= 4 is 17.7 Å². The van der Waals surface area contributed by atoms with Gasteiger partial charge >= 0.3 is 6.36 Å². The molecule has 2 aromatic heterocycles. The largest absolute Gasteiger partial charge is 0.573 e. The number of likely N-dealkylation sites (tertiary alicyclic amines) is 1. The van der Waals surface area contributed by atoms with Crippen LogP contribution in [-0.2, 0) is 4.79 Å². The zero-order valence-corrected chi connectivity index (χ0v) is 17.9. The van der Waals surface area contributed by atoms with Crippen molar-refractivity contribution in [3.05, 3.63) is 24.0 Å². The van der Waals surface area contributed by atoms with E-state index in [-0.39, 0.29) is 17.6 Å². The van der Waals surface area contributed by atoms with Gasteiger partial charge in [0.1, 0.15) is 0 Å². The van der Waals surface area contributed by atoms with Crippen LogP contribution in [-0.4, -0.2) is 57.8 Å². The van der Waals surface area contributed by atoms with Gasteiger partial charge in [0.15, 0.2) is 11.6 Å². The molecule has 0 radical (unpaired) electrons. The Hall–Kier alpha value is -3.11. The van der Waals surface area contributed by atoms with Gasteiger partial charge in [-0.3, -0.25) is 4.79 Å². The van der Waals surface area contributed by atoms with Crippen LogP contribution in [0.4, 0.5) is 24.9 Å². The number of nitrogens with zero attached hydrogens (tertiary/aromatic N) is 5. The standard InChI is InChI=1S/C22H23F3N6O2/c1-10(32)30-8-14-15(9-30)19(14)17-5-16(28-21(29-17)31-7-11-2-13(31)3-11)12-4-18(20(26)27-6-12)33-22(23,24)25/h4-6,11,13-15,19H,2-3,7-9H2,1H3,(H2,26,27)/t11?,13?,14-,15+,19+. The highest BCUT2D eigenvalue weighted by molar-refractivity contribution is 5.74. The summed E-state index contributed by atoms with van der Waals surface area (Å²) in [5, 5.41) is 0. The van der Waals surface area contributed by atoms with E-state index in [1.165, 1.54) is 12.3 Å². The summed E-state index contributed by atoms with van der Waals surface area (Å²) in [7, 11) is 0. The highest BCUT2D eigenvalue weighted by Gasteiger charge is 2.58. The number of halogens is 3. The van der Waals surface area contributed by atoms with E-state index >= 15 is 0 Å². The maximum atomic E-state index is 12.8. The molecule has 5 heterocycles. The van der Waals surface area contributed by atoms with Crippen molar-refractivity contribution in [2.24, 2.45) is 17.8 Å². The van der Waals surface area contributed by atoms with Crippen LogP contribution in [0.15, 0.2) is 18.3 Å². The van der Waals surface area contributed by atoms with Crippen LogP contribution >= 0.6 is 0 Å². The molecule has 0 aromatic carbocycles. The van der Waals surface area contributed by atoms with E-state index in [0.29, 0.717) is 54.1 Å². The van der Waals surface area contributed by atoms with Gasteiger partial charge in [0.2, 0.25) is 11.9 Å². The van der Waals surface area contributed by atoms with Gasteiger partial charge < -0.3 is 20.3 Å². The number of amides is 1. The molecular formula is C22H23F3N6O2. The fraction of sp³-hybridized carbons (Fsp3) is 0.545. The molecule has 1 amide bonds. The first-order chi connectivity index (χ1) is 15.7. The summed E-state index contributed by atoms with van der Waals surface area (Å²) in [6.45, 7) is 3.89. The van der Waals surface area contributed by atoms with Crippen LogP contribution < -0.4 is 15.4 Å². The smallest absolute Gasteiger partial charge is 0.402 e. The van der Waals surface area contributed by atoms with Crippen LogP contribution in [0.1, 0.15) is 31.4 Å². The molecule has 2 aromatic rings. The average molecular weight is 460 g/mol. The Morgan fingerprint density at radius 3 is 2.48 bits per heavy atom. The predicted octanol–water partition coefficient (Wildman–Crippen LogP) is 2.81. The first kappa shape index (κ1) is 20.5. The molecule has 3 saturated heterocycles. The van der Waals surface area contributed by atoms with Gasteiger partial charge in [0, 0.05) is 50.3 Å². The van der Waals surface area contributed by atoms with Crippen LogP contribution in [0.5, 0.6) is 5.75 Å². The van der Waals surface area contributed by atoms with Gasteiger partial charge in [0.05, 0.1) is 11.4 Å². The van der Waals surface area contributed by atoms with Crippen molar-refractivity contribution in [3.63, 3.8) is 0 Å². The Kier molecular flexibility index (Phi) is 4.31. The average Bonchev–Trinajstić information content (AvgIpc) is 3.14. The number of carbonyl (C=O) groups excluding carboxylic acids is 1. The number of nitrogens with two attached hydrogens (primary N) is 1. The molecule has 7 rings (SSSR count). The Balaban J connectivity index is 1.36. The van der Waals surface area contributed by atoms with Crippen LogP contribution in [0.3, 0.4) is 0 Å². The third kappa shape index (κ3) is 3.53. The summed E-state index contributed by atoms with van der Waals surface area (Å²) < 4.78 is 42.5. The number of carbonyl (C=O) groups is 1. The Labute approximate surface area is 187 Å². The zero-order valence-electron chi connectivity index (χ0n) is 17.9. The zero-order chi connectivity index (χ0) is 23.1. The molecule has 3 aliphatic heterocycles. The number of hydrogen-bond acceptors (Lipinski definition) is 7. The first-order valence-electron chi connectivity index (χ1n) is 11.1. The number of piperidine rings is 1. The van der Waals surface area contributed by atoms with Crippen molar-refractivity contribution in [2.75, 3.05) is 30.3 Å². The molecule has 5 fully saturated rings. The Morgan fingerprint density at radius 2 is 1.88 bits per heavy atom. The third-order valence-corrected chi connectivity index (χ3v) is 7.48. The van der Waals surface area contributed by atoms with Gasteiger partial charge in [-0.25, -0.2) is 15.0 Å². The first-order valence-corrected chi connectivity index (χ1v) is 11.1. The van der Waals surface area contributed by atoms with E-state index < -0.39 is 12.1 Å². The molecule has 8 nitrogen and oxygen atoms in total. The van der Waals surface area contributed by atoms with E-state index in [1.54, 1.807) is 6.92 Å². The summed E-state index contributed by atoms with van der Waals surface area (Å²) in [6, 6.07) is 3.47. The molecule has 174 valence electrons. The van der Waals surface area contributed by atoms with E-state index in [9.17, 15) is 18.0 Å². The molecule has 11 heteroatoms. The minimum absolute atomic E-state index is 0.0759. The lowest BCUT2D eigenvalue weighted by Gasteiger charge is -2.26. The monoisotopic (exact) mass is 460 g/mol. The second kappa shape index (κ2) is 6.94. The number of aromatic nitrogens is 3. The van der Waals surface area contributed by atoms with Gasteiger partial charge in [-0.1, -0.05) is 0 Å². The lowest BCUT2D eigenvalue weighted by molar-refractivity contribution is -0.274. The Morgan fingerprint density at radius 1 is 1.15 bits per heavy atom. The highest BCUT2D eigenvalue weighted by atomic mass is 19.4. The van der Waals surface area contributed by atoms with Crippen molar-refractivity contribution in [3.8, 4) is 17.0 Å². The lowest BCUT2D eigenvalue weighted by Crippen LogP contribution is -2.30. The van der Waals surface area contributed by atoms with E-state index in [1.807, 2.05) is 11.0 Å². The Bertz CT molecular complexity index is 1120. The fourth-order valence-electron chi connectivity index (χ4n) is 5.70. The minimum Gasteiger partial charge on any atom is -0.402 e. The third-order valence-electron chi connectivity index (χ3n) is 7.48. The molecular weight excluding hydrogens is 437 g/mol. The summed E-state index contributed by atoms with van der Waals surface area (Å²) in [5.41, 5.74) is 7.35. The maximum Gasteiger partial charge on any atom is 0.573 e. The highest BCUT2D eigenvalue weighted by Crippen LogP contribution is 2.58. The number of pyridine rings is 1. The van der Waals surface area contributed by atoms with Crippen LogP contribution in [0, 0.1) is 17.8 Å². The van der Waals surface area contributed by atoms with Gasteiger partial charge in [-0.2, -0.15) is 0 Å². The molecule has 2 bridgehead atoms. The van der Waals surface area contributed by atoms with Crippen molar-refractivity contribution in [2.45, 2.75) is 38.1 Å². The molecule has 2 aliphatic carbocycles. The van der Waals surface area contributed by atoms with Crippen LogP contribution in [0.2, 0.25) is 0 Å². The van der Waals surface area contributed by atoms with Gasteiger partial charge in [-0.05, 0) is 42.7 Å². The molecule has 5 aliphatic rings. The topological polar surface area (TPSA) is 97.5 Å². The number of anilines is 2. The number of alkyl halides is 3. The minimum atomic E-state index is -4.87. The lowest BCUT2D eigenvalue weighted by atomic mass is 9.86. The van der Waals surface area contributed by atoms with Crippen molar-refractivity contribution in [1.82, 2.24) is 19.9 Å². The molecule has 2 saturated carbocycles. The second-order valence-electron chi connectivity index (χ2n) is 9.55. The van der Waals surface area contributed by atoms with E-state index in [0.717, 1.165) is 25.1 Å². The summed E-state index contributed by atoms with van der Waals surface area (Å²) >= 11 is 0. The summed E-state index contributed by atoms with van der Waals surface area (Å²) in [4.78, 5) is 29.3. The second-order valence-corrected chi connectivity index (χ2v) is 9.55.